The summed E-state index contributed by atoms with van der Waals surface area (Å²) in [6, 6.07) is 0.252. The maximum atomic E-state index is 12.1. The number of carbonyl (C=O) groups excluding carboxylic acids is 1. The Morgan fingerprint density at radius 2 is 2.19 bits per heavy atom. The Labute approximate surface area is 159 Å². The molecule has 0 spiro atoms. The number of carbonyl (C=O) groups is 1. The number of nitrogens with one attached hydrogen (secondary N) is 2. The first-order chi connectivity index (χ1) is 12.5. The summed E-state index contributed by atoms with van der Waals surface area (Å²) in [7, 11) is 0. The highest BCUT2D eigenvalue weighted by molar-refractivity contribution is 7.98. The lowest BCUT2D eigenvalue weighted by Gasteiger charge is -2.11. The molecule has 0 atom stereocenters. The topological polar surface area (TPSA) is 111 Å². The van der Waals surface area contributed by atoms with Gasteiger partial charge in [0, 0.05) is 12.6 Å². The fourth-order valence-corrected chi connectivity index (χ4v) is 3.30. The summed E-state index contributed by atoms with van der Waals surface area (Å²) in [5, 5.41) is 16.0. The van der Waals surface area contributed by atoms with Gasteiger partial charge in [0.2, 0.25) is 0 Å². The molecule has 1 amide bonds. The van der Waals surface area contributed by atoms with Gasteiger partial charge in [-0.3, -0.25) is 4.79 Å². The van der Waals surface area contributed by atoms with Gasteiger partial charge < -0.3 is 10.6 Å². The first-order valence-electron chi connectivity index (χ1n) is 8.10. The molecule has 11 heteroatoms. The summed E-state index contributed by atoms with van der Waals surface area (Å²) >= 11 is 2.57. The van der Waals surface area contributed by atoms with E-state index >= 15 is 0 Å². The molecule has 9 nitrogen and oxygen atoms in total. The van der Waals surface area contributed by atoms with E-state index in [1.54, 1.807) is 17.8 Å². The van der Waals surface area contributed by atoms with Crippen molar-refractivity contribution in [2.75, 3.05) is 18.1 Å². The van der Waals surface area contributed by atoms with E-state index in [2.05, 4.69) is 49.1 Å². The van der Waals surface area contributed by atoms with Crippen molar-refractivity contribution < 1.29 is 4.79 Å². The van der Waals surface area contributed by atoms with Crippen LogP contribution < -0.4 is 10.6 Å². The second-order valence-corrected chi connectivity index (χ2v) is 7.43. The molecule has 0 radical (unpaired) electrons. The maximum absolute atomic E-state index is 12.1. The van der Waals surface area contributed by atoms with E-state index in [1.165, 1.54) is 11.8 Å². The molecule has 2 N–H and O–H groups in total. The molecule has 3 rings (SSSR count). The lowest BCUT2D eigenvalue weighted by Crippen LogP contribution is -2.27. The number of thioether (sulfide) groups is 1. The second kappa shape index (κ2) is 7.96. The number of aryl methyl sites for hydroxylation is 1. The standard InChI is InChI=1S/C15H20N8OS2/c1-8(2)18-12-10-7-17-23(13(10)20-15(19-12)25-4)6-5-16-14(24)11-9(3)21-22-26-11/h7-8H,5-6H2,1-4H3,(H,16,24)(H,18,19,20). The lowest BCUT2D eigenvalue weighted by atomic mass is 10.3. The molecular weight excluding hydrogens is 372 g/mol. The zero-order valence-corrected chi connectivity index (χ0v) is 16.6. The number of rotatable bonds is 7. The van der Waals surface area contributed by atoms with Gasteiger partial charge in [-0.05, 0) is 38.6 Å². The molecule has 3 aromatic rings. The zero-order valence-electron chi connectivity index (χ0n) is 15.0. The van der Waals surface area contributed by atoms with Crippen molar-refractivity contribution in [3.05, 3.63) is 16.8 Å². The number of anilines is 1. The highest BCUT2D eigenvalue weighted by Crippen LogP contribution is 2.23. The van der Waals surface area contributed by atoms with Gasteiger partial charge in [0.15, 0.2) is 10.8 Å². The highest BCUT2D eigenvalue weighted by atomic mass is 32.2. The molecule has 0 aromatic carbocycles. The third-order valence-corrected chi connectivity index (χ3v) is 4.93. The van der Waals surface area contributed by atoms with E-state index in [9.17, 15) is 4.79 Å². The fourth-order valence-electron chi connectivity index (χ4n) is 2.37. The van der Waals surface area contributed by atoms with Crippen LogP contribution in [0.1, 0.15) is 29.2 Å². The lowest BCUT2D eigenvalue weighted by molar-refractivity contribution is 0.0955. The molecule has 0 fully saturated rings. The van der Waals surface area contributed by atoms with Crippen LogP contribution in [0.2, 0.25) is 0 Å². The molecule has 0 aliphatic rings. The van der Waals surface area contributed by atoms with Gasteiger partial charge in [0.1, 0.15) is 10.7 Å². The normalized spacial score (nSPS) is 11.3. The Kier molecular flexibility index (Phi) is 5.67. The Morgan fingerprint density at radius 1 is 1.38 bits per heavy atom. The van der Waals surface area contributed by atoms with Crippen molar-refractivity contribution in [3.63, 3.8) is 0 Å². The van der Waals surface area contributed by atoms with Gasteiger partial charge in [-0.2, -0.15) is 5.10 Å². The Bertz CT molecular complexity index is 920. The van der Waals surface area contributed by atoms with E-state index in [4.69, 9.17) is 0 Å². The van der Waals surface area contributed by atoms with Crippen LogP contribution in [0.3, 0.4) is 0 Å². The predicted octanol–water partition coefficient (Wildman–Crippen LogP) is 1.96. The van der Waals surface area contributed by atoms with Gasteiger partial charge in [-0.15, -0.1) is 5.10 Å². The smallest absolute Gasteiger partial charge is 0.265 e. The van der Waals surface area contributed by atoms with E-state index in [0.717, 1.165) is 28.4 Å². The summed E-state index contributed by atoms with van der Waals surface area (Å²) in [5.41, 5.74) is 1.39. The summed E-state index contributed by atoms with van der Waals surface area (Å²) < 4.78 is 5.56. The van der Waals surface area contributed by atoms with Crippen molar-refractivity contribution >= 4 is 46.1 Å². The van der Waals surface area contributed by atoms with Crippen LogP contribution in [0.4, 0.5) is 5.82 Å². The van der Waals surface area contributed by atoms with E-state index in [1.807, 2.05) is 6.26 Å². The predicted molar refractivity (Wildman–Crippen MR) is 103 cm³/mol. The number of aromatic nitrogens is 6. The van der Waals surface area contributed by atoms with E-state index < -0.39 is 0 Å². The number of fused-ring (bicyclic) bond motifs is 1. The number of hydrogen-bond acceptors (Lipinski definition) is 9. The van der Waals surface area contributed by atoms with Crippen molar-refractivity contribution in [1.29, 1.82) is 0 Å². The van der Waals surface area contributed by atoms with Crippen molar-refractivity contribution in [3.8, 4) is 0 Å². The average molecular weight is 393 g/mol. The highest BCUT2D eigenvalue weighted by Gasteiger charge is 2.15. The SMILES string of the molecule is CSc1nc(NC(C)C)c2cnn(CCNC(=O)c3snnc3C)c2n1. The van der Waals surface area contributed by atoms with Crippen LogP contribution in [-0.2, 0) is 6.54 Å². The molecule has 0 aliphatic carbocycles. The van der Waals surface area contributed by atoms with Crippen LogP contribution >= 0.6 is 23.3 Å². The molecule has 3 aromatic heterocycles. The minimum absolute atomic E-state index is 0.171. The minimum atomic E-state index is -0.171. The average Bonchev–Trinajstić information content (AvgIpc) is 3.20. The van der Waals surface area contributed by atoms with Gasteiger partial charge >= 0.3 is 0 Å². The summed E-state index contributed by atoms with van der Waals surface area (Å²) in [4.78, 5) is 21.8. The van der Waals surface area contributed by atoms with Crippen molar-refractivity contribution in [2.24, 2.45) is 0 Å². The minimum Gasteiger partial charge on any atom is -0.367 e. The molecule has 0 bridgehead atoms. The second-order valence-electron chi connectivity index (χ2n) is 5.91. The van der Waals surface area contributed by atoms with Crippen LogP contribution in [0.5, 0.6) is 0 Å². The van der Waals surface area contributed by atoms with Gasteiger partial charge in [-0.25, -0.2) is 14.6 Å². The van der Waals surface area contributed by atoms with Crippen molar-refractivity contribution in [1.82, 2.24) is 34.7 Å². The van der Waals surface area contributed by atoms with Gasteiger partial charge in [0.05, 0.1) is 23.8 Å². The summed E-state index contributed by atoms with van der Waals surface area (Å²) in [5.74, 6) is 0.603. The van der Waals surface area contributed by atoms with Crippen LogP contribution in [0.25, 0.3) is 11.0 Å². The Hall–Kier alpha value is -2.27. The Balaban J connectivity index is 1.76. The quantitative estimate of drug-likeness (QED) is 0.464. The number of hydrogen-bond donors (Lipinski definition) is 2. The monoisotopic (exact) mass is 392 g/mol. The Morgan fingerprint density at radius 3 is 2.85 bits per heavy atom. The molecule has 0 saturated heterocycles. The molecule has 138 valence electrons. The third-order valence-electron chi connectivity index (χ3n) is 3.55. The van der Waals surface area contributed by atoms with Crippen molar-refractivity contribution in [2.45, 2.75) is 38.5 Å². The van der Waals surface area contributed by atoms with Crippen LogP contribution in [0, 0.1) is 6.92 Å². The summed E-state index contributed by atoms with van der Waals surface area (Å²) in [6.45, 7) is 6.82. The maximum Gasteiger partial charge on any atom is 0.265 e. The molecule has 0 saturated carbocycles. The molecule has 0 aliphatic heterocycles. The van der Waals surface area contributed by atoms with Crippen LogP contribution in [0.15, 0.2) is 11.4 Å². The molecule has 0 unspecified atom stereocenters. The summed E-state index contributed by atoms with van der Waals surface area (Å²) in [6.07, 6.45) is 3.69. The molecular formula is C15H20N8OS2. The zero-order chi connectivity index (χ0) is 18.7. The number of nitrogens with zero attached hydrogens (tertiary/aromatic N) is 6. The van der Waals surface area contributed by atoms with Gasteiger partial charge in [0.25, 0.3) is 5.91 Å². The molecule has 26 heavy (non-hydrogen) atoms. The van der Waals surface area contributed by atoms with E-state index in [0.29, 0.717) is 28.8 Å². The number of amides is 1. The van der Waals surface area contributed by atoms with Gasteiger partial charge in [-0.1, -0.05) is 16.3 Å². The van der Waals surface area contributed by atoms with Crippen LogP contribution in [-0.4, -0.2) is 54.1 Å². The first-order valence-corrected chi connectivity index (χ1v) is 10.1. The first kappa shape index (κ1) is 18.5. The fraction of sp³-hybridized carbons (Fsp3) is 0.467. The molecule has 3 heterocycles. The van der Waals surface area contributed by atoms with E-state index in [-0.39, 0.29) is 11.9 Å². The largest absolute Gasteiger partial charge is 0.367 e. The third kappa shape index (κ3) is 3.93.